The average Bonchev–Trinajstić information content (AvgIpc) is 2.91. The molecule has 1 amide bonds. The molecule has 0 radical (unpaired) electrons. The lowest BCUT2D eigenvalue weighted by Crippen LogP contribution is -2.42. The zero-order valence-electron chi connectivity index (χ0n) is 12.4. The lowest BCUT2D eigenvalue weighted by molar-refractivity contribution is -0.132. The van der Waals surface area contributed by atoms with Crippen LogP contribution < -0.4 is 0 Å². The molecule has 0 bridgehead atoms. The Balaban J connectivity index is 0.00000200. The highest BCUT2D eigenvalue weighted by Crippen LogP contribution is 2.10. The summed E-state index contributed by atoms with van der Waals surface area (Å²) in [6.45, 7) is 4.85. The maximum atomic E-state index is 12.2. The maximum absolute atomic E-state index is 12.2. The summed E-state index contributed by atoms with van der Waals surface area (Å²) >= 11 is 0. The van der Waals surface area contributed by atoms with Crippen LogP contribution in [0.3, 0.4) is 0 Å². The second kappa shape index (κ2) is 8.28. The predicted molar refractivity (Wildman–Crippen MR) is 85.3 cm³/mol. The number of carbonyl (C=O) groups excluding carboxylic acids is 1. The third-order valence-corrected chi connectivity index (χ3v) is 3.99. The van der Waals surface area contributed by atoms with E-state index in [-0.39, 0.29) is 24.4 Å². The number of carbonyl (C=O) groups is 1. The van der Waals surface area contributed by atoms with Crippen molar-refractivity contribution in [3.8, 4) is 0 Å². The van der Waals surface area contributed by atoms with Gasteiger partial charge in [-0.15, -0.1) is 12.4 Å². The molecule has 1 aromatic carbocycles. The lowest BCUT2D eigenvalue weighted by atomic mass is 10.1. The van der Waals surface area contributed by atoms with Crippen LogP contribution in [0.5, 0.6) is 0 Å². The van der Waals surface area contributed by atoms with Crippen molar-refractivity contribution in [3.05, 3.63) is 35.9 Å². The molecule has 0 saturated carbocycles. The van der Waals surface area contributed by atoms with Crippen molar-refractivity contribution < 1.29 is 4.79 Å². The molecule has 1 aliphatic rings. The molecule has 0 spiro atoms. The van der Waals surface area contributed by atoms with Gasteiger partial charge in [-0.1, -0.05) is 30.3 Å². The summed E-state index contributed by atoms with van der Waals surface area (Å²) in [7, 11) is 1.92. The standard InChI is InChI=1S/C16H24N2O.ClH/c1-14(12-15-8-4-3-5-9-15)17(2)16(19)13-18-10-6-7-11-18;/h3-5,8-9,14H,6-7,10-13H2,1-2H3;1H. The van der Waals surface area contributed by atoms with Crippen LogP contribution in [-0.4, -0.2) is 48.4 Å². The molecule has 1 heterocycles. The van der Waals surface area contributed by atoms with E-state index in [1.165, 1.54) is 18.4 Å². The number of likely N-dealkylation sites (N-methyl/N-ethyl adjacent to an activating group) is 1. The Morgan fingerprint density at radius 2 is 1.85 bits per heavy atom. The van der Waals surface area contributed by atoms with Gasteiger partial charge in [0.25, 0.3) is 0 Å². The summed E-state index contributed by atoms with van der Waals surface area (Å²) in [6.07, 6.45) is 3.39. The Kier molecular flexibility index (Phi) is 7.03. The van der Waals surface area contributed by atoms with Crippen LogP contribution >= 0.6 is 12.4 Å². The minimum Gasteiger partial charge on any atom is -0.342 e. The fraction of sp³-hybridized carbons (Fsp3) is 0.562. The minimum absolute atomic E-state index is 0. The first-order chi connectivity index (χ1) is 9.16. The predicted octanol–water partition coefficient (Wildman–Crippen LogP) is 2.59. The fourth-order valence-corrected chi connectivity index (χ4v) is 2.58. The van der Waals surface area contributed by atoms with Gasteiger partial charge in [0.15, 0.2) is 0 Å². The Morgan fingerprint density at radius 1 is 1.25 bits per heavy atom. The lowest BCUT2D eigenvalue weighted by Gasteiger charge is -2.27. The normalized spacial score (nSPS) is 16.5. The number of nitrogens with zero attached hydrogens (tertiary/aromatic N) is 2. The fourth-order valence-electron chi connectivity index (χ4n) is 2.58. The third-order valence-electron chi connectivity index (χ3n) is 3.99. The van der Waals surface area contributed by atoms with Crippen molar-refractivity contribution in [2.45, 2.75) is 32.2 Å². The van der Waals surface area contributed by atoms with Crippen LogP contribution in [0.4, 0.5) is 0 Å². The van der Waals surface area contributed by atoms with Crippen molar-refractivity contribution in [2.24, 2.45) is 0 Å². The van der Waals surface area contributed by atoms with Crippen LogP contribution in [0.25, 0.3) is 0 Å². The van der Waals surface area contributed by atoms with Crippen molar-refractivity contribution >= 4 is 18.3 Å². The molecular formula is C16H25ClN2O. The molecule has 4 heteroatoms. The number of hydrogen-bond donors (Lipinski definition) is 0. The number of hydrogen-bond acceptors (Lipinski definition) is 2. The molecule has 0 N–H and O–H groups in total. The second-order valence-corrected chi connectivity index (χ2v) is 5.53. The molecule has 2 rings (SSSR count). The van der Waals surface area contributed by atoms with Crippen LogP contribution in [0.1, 0.15) is 25.3 Å². The summed E-state index contributed by atoms with van der Waals surface area (Å²) < 4.78 is 0. The third kappa shape index (κ3) is 4.80. The van der Waals surface area contributed by atoms with E-state index in [0.29, 0.717) is 6.54 Å². The number of likely N-dealkylation sites (tertiary alicyclic amines) is 1. The summed E-state index contributed by atoms with van der Waals surface area (Å²) in [5.74, 6) is 0.241. The molecule has 112 valence electrons. The molecule has 1 atom stereocenters. The summed E-state index contributed by atoms with van der Waals surface area (Å²) in [5, 5.41) is 0. The van der Waals surface area contributed by atoms with Crippen LogP contribution in [-0.2, 0) is 11.2 Å². The van der Waals surface area contributed by atoms with Gasteiger partial charge in [0.05, 0.1) is 6.54 Å². The molecule has 1 aliphatic heterocycles. The molecular weight excluding hydrogens is 272 g/mol. The van der Waals surface area contributed by atoms with E-state index in [1.807, 2.05) is 30.1 Å². The van der Waals surface area contributed by atoms with Crippen LogP contribution in [0, 0.1) is 0 Å². The van der Waals surface area contributed by atoms with E-state index in [1.54, 1.807) is 0 Å². The van der Waals surface area contributed by atoms with Gasteiger partial charge in [0.1, 0.15) is 0 Å². The van der Waals surface area contributed by atoms with E-state index < -0.39 is 0 Å². The zero-order valence-corrected chi connectivity index (χ0v) is 13.2. The van der Waals surface area contributed by atoms with Gasteiger partial charge in [-0.05, 0) is 44.8 Å². The highest BCUT2D eigenvalue weighted by atomic mass is 35.5. The van der Waals surface area contributed by atoms with Gasteiger partial charge in [-0.2, -0.15) is 0 Å². The highest BCUT2D eigenvalue weighted by Gasteiger charge is 2.20. The monoisotopic (exact) mass is 296 g/mol. The Bertz CT molecular complexity index is 404. The summed E-state index contributed by atoms with van der Waals surface area (Å²) in [5.41, 5.74) is 1.29. The van der Waals surface area contributed by atoms with Crippen LogP contribution in [0.2, 0.25) is 0 Å². The smallest absolute Gasteiger partial charge is 0.236 e. The first-order valence-corrected chi connectivity index (χ1v) is 7.19. The molecule has 1 aromatic rings. The van der Waals surface area contributed by atoms with E-state index >= 15 is 0 Å². The van der Waals surface area contributed by atoms with Crippen molar-refractivity contribution in [1.82, 2.24) is 9.80 Å². The largest absolute Gasteiger partial charge is 0.342 e. The molecule has 20 heavy (non-hydrogen) atoms. The number of benzene rings is 1. The summed E-state index contributed by atoms with van der Waals surface area (Å²) in [6, 6.07) is 10.6. The van der Waals surface area contributed by atoms with Crippen molar-refractivity contribution in [1.29, 1.82) is 0 Å². The molecule has 1 saturated heterocycles. The van der Waals surface area contributed by atoms with Gasteiger partial charge in [0.2, 0.25) is 5.91 Å². The number of rotatable bonds is 5. The van der Waals surface area contributed by atoms with Gasteiger partial charge < -0.3 is 4.90 Å². The zero-order chi connectivity index (χ0) is 13.7. The van der Waals surface area contributed by atoms with Gasteiger partial charge in [-0.25, -0.2) is 0 Å². The number of amides is 1. The Labute approximate surface area is 128 Å². The SMILES string of the molecule is CC(Cc1ccccc1)N(C)C(=O)CN1CCCC1.Cl. The van der Waals surface area contributed by atoms with E-state index in [9.17, 15) is 4.79 Å². The highest BCUT2D eigenvalue weighted by molar-refractivity contribution is 5.85. The number of halogens is 1. The molecule has 1 fully saturated rings. The molecule has 3 nitrogen and oxygen atoms in total. The molecule has 0 aliphatic carbocycles. The van der Waals surface area contributed by atoms with E-state index in [4.69, 9.17) is 0 Å². The first kappa shape index (κ1) is 17.0. The van der Waals surface area contributed by atoms with Crippen molar-refractivity contribution in [2.75, 3.05) is 26.7 Å². The second-order valence-electron chi connectivity index (χ2n) is 5.53. The molecule has 1 unspecified atom stereocenters. The average molecular weight is 297 g/mol. The minimum atomic E-state index is 0. The van der Waals surface area contributed by atoms with E-state index in [2.05, 4.69) is 24.0 Å². The topological polar surface area (TPSA) is 23.6 Å². The van der Waals surface area contributed by atoms with E-state index in [0.717, 1.165) is 19.5 Å². The quantitative estimate of drug-likeness (QED) is 0.834. The van der Waals surface area contributed by atoms with Crippen LogP contribution in [0.15, 0.2) is 30.3 Å². The van der Waals surface area contributed by atoms with Gasteiger partial charge >= 0.3 is 0 Å². The van der Waals surface area contributed by atoms with Gasteiger partial charge in [-0.3, -0.25) is 9.69 Å². The first-order valence-electron chi connectivity index (χ1n) is 7.19. The summed E-state index contributed by atoms with van der Waals surface area (Å²) in [4.78, 5) is 16.4. The molecule has 0 aromatic heterocycles. The maximum Gasteiger partial charge on any atom is 0.236 e. The Hall–Kier alpha value is -1.06. The Morgan fingerprint density at radius 3 is 2.45 bits per heavy atom. The van der Waals surface area contributed by atoms with Crippen molar-refractivity contribution in [3.63, 3.8) is 0 Å². The van der Waals surface area contributed by atoms with Gasteiger partial charge in [0, 0.05) is 13.1 Å².